The van der Waals surface area contributed by atoms with Crippen molar-refractivity contribution in [2.75, 3.05) is 48.6 Å². The minimum atomic E-state index is -0.219. The summed E-state index contributed by atoms with van der Waals surface area (Å²) >= 11 is 0. The first-order chi connectivity index (χ1) is 17.3. The second kappa shape index (κ2) is 12.3. The van der Waals surface area contributed by atoms with Gasteiger partial charge in [-0.2, -0.15) is 0 Å². The molecule has 0 saturated carbocycles. The first-order valence-electron chi connectivity index (χ1n) is 11.8. The summed E-state index contributed by atoms with van der Waals surface area (Å²) in [5.74, 6) is 1.70. The van der Waals surface area contributed by atoms with Gasteiger partial charge in [-0.25, -0.2) is 0 Å². The van der Waals surface area contributed by atoms with Crippen LogP contribution in [-0.4, -0.2) is 59.3 Å². The maximum Gasteiger partial charge on any atom is 0.204 e. The fourth-order valence-corrected chi connectivity index (χ4v) is 4.02. The van der Waals surface area contributed by atoms with Crippen LogP contribution in [0, 0.1) is 13.8 Å². The van der Waals surface area contributed by atoms with E-state index in [9.17, 15) is 4.79 Å². The number of methoxy groups -OCH3 is 3. The van der Waals surface area contributed by atoms with Gasteiger partial charge in [-0.1, -0.05) is 35.4 Å². The molecule has 36 heavy (non-hydrogen) atoms. The standard InChI is InChI=1S/C30H35NO5/c1-20-16-21(2)18-24(17-20)22-9-12-27(36-15-14-31(3)4)23(19-22)8-11-26(32)25-10-13-28(33-5)30(35-7)29(25)34-6/h8-13,16-19H,14-15H2,1-7H3. The van der Waals surface area contributed by atoms with Gasteiger partial charge in [-0.15, -0.1) is 0 Å². The average Bonchev–Trinajstić information content (AvgIpc) is 2.85. The highest BCUT2D eigenvalue weighted by Crippen LogP contribution is 2.40. The number of hydrogen-bond donors (Lipinski definition) is 0. The van der Waals surface area contributed by atoms with E-state index in [4.69, 9.17) is 18.9 Å². The fraction of sp³-hybridized carbons (Fsp3) is 0.300. The van der Waals surface area contributed by atoms with Gasteiger partial charge in [0.25, 0.3) is 0 Å². The molecule has 0 saturated heterocycles. The smallest absolute Gasteiger partial charge is 0.204 e. The Morgan fingerprint density at radius 1 is 0.806 bits per heavy atom. The van der Waals surface area contributed by atoms with Crippen LogP contribution in [-0.2, 0) is 0 Å². The van der Waals surface area contributed by atoms with Crippen LogP contribution in [0.15, 0.2) is 54.6 Å². The Morgan fingerprint density at radius 3 is 2.08 bits per heavy atom. The SMILES string of the molecule is COc1ccc(C(=O)C=Cc2cc(-c3cc(C)cc(C)c3)ccc2OCCN(C)C)c(OC)c1OC. The van der Waals surface area contributed by atoms with E-state index in [0.717, 1.165) is 23.2 Å². The van der Waals surface area contributed by atoms with Gasteiger partial charge in [0.2, 0.25) is 5.75 Å². The number of carbonyl (C=O) groups is 1. The second-order valence-corrected chi connectivity index (χ2v) is 8.86. The number of likely N-dealkylation sites (N-methyl/N-ethyl adjacent to an activating group) is 1. The van der Waals surface area contributed by atoms with Crippen LogP contribution < -0.4 is 18.9 Å². The highest BCUT2D eigenvalue weighted by atomic mass is 16.5. The van der Waals surface area contributed by atoms with Gasteiger partial charge in [0, 0.05) is 12.1 Å². The normalized spacial score (nSPS) is 11.1. The number of carbonyl (C=O) groups excluding carboxylic acids is 1. The Hall–Kier alpha value is -3.77. The van der Waals surface area contributed by atoms with E-state index in [-0.39, 0.29) is 5.78 Å². The zero-order valence-corrected chi connectivity index (χ0v) is 22.2. The van der Waals surface area contributed by atoms with Gasteiger partial charge < -0.3 is 23.8 Å². The average molecular weight is 490 g/mol. The molecule has 0 fully saturated rings. The topological polar surface area (TPSA) is 57.2 Å². The number of allylic oxidation sites excluding steroid dienone is 1. The predicted octanol–water partition coefficient (Wildman–Crippen LogP) is 5.83. The van der Waals surface area contributed by atoms with Crippen LogP contribution in [0.5, 0.6) is 23.0 Å². The molecule has 0 atom stereocenters. The predicted molar refractivity (Wildman–Crippen MR) is 145 cm³/mol. The monoisotopic (exact) mass is 489 g/mol. The van der Waals surface area contributed by atoms with Gasteiger partial charge in [0.05, 0.1) is 26.9 Å². The van der Waals surface area contributed by atoms with Crippen molar-refractivity contribution in [3.63, 3.8) is 0 Å². The van der Waals surface area contributed by atoms with Gasteiger partial charge >= 0.3 is 0 Å². The van der Waals surface area contributed by atoms with Crippen molar-refractivity contribution >= 4 is 11.9 Å². The van der Waals surface area contributed by atoms with Gasteiger partial charge in [-0.3, -0.25) is 4.79 Å². The van der Waals surface area contributed by atoms with Crippen molar-refractivity contribution in [1.82, 2.24) is 4.90 Å². The van der Waals surface area contributed by atoms with E-state index >= 15 is 0 Å². The van der Waals surface area contributed by atoms with Crippen LogP contribution in [0.4, 0.5) is 0 Å². The van der Waals surface area contributed by atoms with Crippen LogP contribution in [0.3, 0.4) is 0 Å². The molecule has 6 nitrogen and oxygen atoms in total. The molecule has 6 heteroatoms. The number of nitrogens with zero attached hydrogens (tertiary/aromatic N) is 1. The number of hydrogen-bond acceptors (Lipinski definition) is 6. The molecular formula is C30H35NO5. The molecule has 0 aliphatic heterocycles. The molecule has 0 bridgehead atoms. The minimum absolute atomic E-state index is 0.219. The summed E-state index contributed by atoms with van der Waals surface area (Å²) in [6.45, 7) is 5.49. The van der Waals surface area contributed by atoms with E-state index in [0.29, 0.717) is 35.2 Å². The zero-order valence-electron chi connectivity index (χ0n) is 22.2. The Balaban J connectivity index is 2.00. The lowest BCUT2D eigenvalue weighted by Gasteiger charge is -2.15. The quantitative estimate of drug-likeness (QED) is 0.249. The van der Waals surface area contributed by atoms with E-state index in [1.54, 1.807) is 25.3 Å². The number of ketones is 1. The minimum Gasteiger partial charge on any atom is -0.493 e. The summed E-state index contributed by atoms with van der Waals surface area (Å²) in [7, 11) is 8.56. The number of rotatable bonds is 11. The van der Waals surface area contributed by atoms with Crippen LogP contribution in [0.1, 0.15) is 27.0 Å². The van der Waals surface area contributed by atoms with Crippen LogP contribution in [0.25, 0.3) is 17.2 Å². The van der Waals surface area contributed by atoms with Gasteiger partial charge in [-0.05, 0) is 75.5 Å². The molecular weight excluding hydrogens is 454 g/mol. The summed E-state index contributed by atoms with van der Waals surface area (Å²) in [4.78, 5) is 15.3. The van der Waals surface area contributed by atoms with Crippen molar-refractivity contribution < 1.29 is 23.7 Å². The fourth-order valence-electron chi connectivity index (χ4n) is 4.02. The van der Waals surface area contributed by atoms with Gasteiger partial charge in [0.1, 0.15) is 12.4 Å². The first-order valence-corrected chi connectivity index (χ1v) is 11.8. The Labute approximate surface area is 214 Å². The molecule has 0 radical (unpaired) electrons. The lowest BCUT2D eigenvalue weighted by atomic mass is 9.98. The number of aryl methyl sites for hydroxylation is 2. The third-order valence-corrected chi connectivity index (χ3v) is 5.74. The van der Waals surface area contributed by atoms with Crippen molar-refractivity contribution in [2.24, 2.45) is 0 Å². The molecule has 0 aliphatic carbocycles. The van der Waals surface area contributed by atoms with Crippen molar-refractivity contribution in [3.05, 3.63) is 76.9 Å². The molecule has 190 valence electrons. The zero-order chi connectivity index (χ0) is 26.2. The Bertz CT molecular complexity index is 1230. The van der Waals surface area contributed by atoms with E-state index in [2.05, 4.69) is 49.1 Å². The molecule has 0 aromatic heterocycles. The Kier molecular flexibility index (Phi) is 9.14. The van der Waals surface area contributed by atoms with Crippen LogP contribution >= 0.6 is 0 Å². The molecule has 0 aliphatic rings. The second-order valence-electron chi connectivity index (χ2n) is 8.86. The summed E-state index contributed by atoms with van der Waals surface area (Å²) in [6.07, 6.45) is 3.32. The lowest BCUT2D eigenvalue weighted by molar-refractivity contribution is 0.104. The maximum atomic E-state index is 13.2. The van der Waals surface area contributed by atoms with Crippen molar-refractivity contribution in [1.29, 1.82) is 0 Å². The molecule has 3 rings (SSSR count). The third-order valence-electron chi connectivity index (χ3n) is 5.74. The van der Waals surface area contributed by atoms with Crippen molar-refractivity contribution in [3.8, 4) is 34.1 Å². The van der Waals surface area contributed by atoms with E-state index < -0.39 is 0 Å². The number of ether oxygens (including phenoxy) is 4. The molecule has 0 heterocycles. The van der Waals surface area contributed by atoms with E-state index in [1.807, 2.05) is 20.2 Å². The molecule has 0 amide bonds. The molecule has 3 aromatic carbocycles. The summed E-state index contributed by atoms with van der Waals surface area (Å²) in [5.41, 5.74) is 5.77. The van der Waals surface area contributed by atoms with Gasteiger partial charge in [0.15, 0.2) is 17.3 Å². The number of benzene rings is 3. The third kappa shape index (κ3) is 6.46. The summed E-state index contributed by atoms with van der Waals surface area (Å²) in [6, 6.07) is 15.9. The Morgan fingerprint density at radius 2 is 1.47 bits per heavy atom. The summed E-state index contributed by atoms with van der Waals surface area (Å²) < 4.78 is 22.3. The molecule has 3 aromatic rings. The first kappa shape index (κ1) is 26.8. The molecule has 0 spiro atoms. The van der Waals surface area contributed by atoms with Crippen LogP contribution in [0.2, 0.25) is 0 Å². The molecule has 0 unspecified atom stereocenters. The lowest BCUT2D eigenvalue weighted by Crippen LogP contribution is -2.19. The maximum absolute atomic E-state index is 13.2. The summed E-state index contributed by atoms with van der Waals surface area (Å²) in [5, 5.41) is 0. The highest BCUT2D eigenvalue weighted by Gasteiger charge is 2.19. The van der Waals surface area contributed by atoms with E-state index in [1.165, 1.54) is 31.4 Å². The largest absolute Gasteiger partial charge is 0.493 e. The van der Waals surface area contributed by atoms with Crippen molar-refractivity contribution in [2.45, 2.75) is 13.8 Å². The molecule has 0 N–H and O–H groups in total. The highest BCUT2D eigenvalue weighted by molar-refractivity contribution is 6.09.